The second-order valence-electron chi connectivity index (χ2n) is 4.91. The van der Waals surface area contributed by atoms with Gasteiger partial charge in [-0.15, -0.1) is 0 Å². The van der Waals surface area contributed by atoms with Crippen molar-refractivity contribution < 1.29 is 4.79 Å². The van der Waals surface area contributed by atoms with Crippen LogP contribution < -0.4 is 0 Å². The molecule has 0 N–H and O–H groups in total. The lowest BCUT2D eigenvalue weighted by Crippen LogP contribution is -2.50. The van der Waals surface area contributed by atoms with Gasteiger partial charge in [0.15, 0.2) is 0 Å². The van der Waals surface area contributed by atoms with E-state index in [1.807, 2.05) is 4.90 Å². The summed E-state index contributed by atoms with van der Waals surface area (Å²) in [7, 11) is 0. The molecule has 1 aromatic heterocycles. The molecule has 1 aromatic rings. The number of pyridine rings is 1. The average molecular weight is 302 g/mol. The summed E-state index contributed by atoms with van der Waals surface area (Å²) in [6.45, 7) is 7.54. The van der Waals surface area contributed by atoms with Crippen LogP contribution >= 0.6 is 23.2 Å². The highest BCUT2D eigenvalue weighted by Crippen LogP contribution is 2.20. The van der Waals surface area contributed by atoms with Crippen molar-refractivity contribution in [1.29, 1.82) is 0 Å². The maximum absolute atomic E-state index is 12.4. The molecule has 1 amide bonds. The number of piperazine rings is 1. The second-order valence-corrected chi connectivity index (χ2v) is 5.70. The van der Waals surface area contributed by atoms with Gasteiger partial charge < -0.3 is 4.90 Å². The van der Waals surface area contributed by atoms with Crippen LogP contribution in [0.15, 0.2) is 12.3 Å². The minimum atomic E-state index is -0.0716. The molecule has 0 atom stereocenters. The Morgan fingerprint density at radius 2 is 1.89 bits per heavy atom. The van der Waals surface area contributed by atoms with Crippen LogP contribution in [-0.2, 0) is 0 Å². The third-order valence-corrected chi connectivity index (χ3v) is 3.89. The SMILES string of the molecule is CC(C)N1CCN(C(=O)c2cc(Cl)ncc2Cl)CC1. The van der Waals surface area contributed by atoms with Crippen molar-refractivity contribution in [3.05, 3.63) is 28.0 Å². The normalized spacial score (nSPS) is 17.0. The van der Waals surface area contributed by atoms with E-state index >= 15 is 0 Å². The molecule has 1 aliphatic heterocycles. The van der Waals surface area contributed by atoms with E-state index in [0.29, 0.717) is 29.7 Å². The van der Waals surface area contributed by atoms with E-state index < -0.39 is 0 Å². The molecule has 2 rings (SSSR count). The van der Waals surface area contributed by atoms with Crippen molar-refractivity contribution >= 4 is 29.1 Å². The molecule has 0 aliphatic carbocycles. The first kappa shape index (κ1) is 14.6. The monoisotopic (exact) mass is 301 g/mol. The maximum Gasteiger partial charge on any atom is 0.255 e. The fourth-order valence-electron chi connectivity index (χ4n) is 2.19. The minimum absolute atomic E-state index is 0.0716. The topological polar surface area (TPSA) is 36.4 Å². The molecule has 0 saturated carbocycles. The molecule has 6 heteroatoms. The zero-order chi connectivity index (χ0) is 14.0. The fourth-order valence-corrected chi connectivity index (χ4v) is 2.53. The first-order chi connectivity index (χ1) is 8.99. The average Bonchev–Trinajstić information content (AvgIpc) is 2.41. The Kier molecular flexibility index (Phi) is 4.66. The molecule has 104 valence electrons. The van der Waals surface area contributed by atoms with Crippen LogP contribution in [-0.4, -0.2) is 52.9 Å². The Labute approximate surface area is 123 Å². The van der Waals surface area contributed by atoms with Crippen molar-refractivity contribution in [2.45, 2.75) is 19.9 Å². The summed E-state index contributed by atoms with van der Waals surface area (Å²) in [6.07, 6.45) is 1.42. The van der Waals surface area contributed by atoms with E-state index in [0.717, 1.165) is 13.1 Å². The van der Waals surface area contributed by atoms with Gasteiger partial charge in [0.1, 0.15) is 5.15 Å². The van der Waals surface area contributed by atoms with Gasteiger partial charge in [0.2, 0.25) is 0 Å². The zero-order valence-corrected chi connectivity index (χ0v) is 12.6. The highest BCUT2D eigenvalue weighted by Gasteiger charge is 2.24. The molecule has 0 spiro atoms. The van der Waals surface area contributed by atoms with Gasteiger partial charge in [-0.25, -0.2) is 4.98 Å². The molecule has 1 aliphatic rings. The number of hydrogen-bond donors (Lipinski definition) is 0. The van der Waals surface area contributed by atoms with Crippen molar-refractivity contribution in [3.63, 3.8) is 0 Å². The van der Waals surface area contributed by atoms with Gasteiger partial charge in [0.05, 0.1) is 10.6 Å². The predicted molar refractivity (Wildman–Crippen MR) is 76.9 cm³/mol. The third kappa shape index (κ3) is 3.38. The Morgan fingerprint density at radius 3 is 2.47 bits per heavy atom. The van der Waals surface area contributed by atoms with E-state index in [1.165, 1.54) is 12.3 Å². The molecule has 0 unspecified atom stereocenters. The van der Waals surface area contributed by atoms with E-state index in [9.17, 15) is 4.79 Å². The second kappa shape index (κ2) is 6.07. The molecular formula is C13H17Cl2N3O. The number of carbonyl (C=O) groups is 1. The Hall–Kier alpha value is -0.840. The summed E-state index contributed by atoms with van der Waals surface area (Å²) >= 11 is 11.8. The maximum atomic E-state index is 12.4. The number of amides is 1. The molecule has 1 fully saturated rings. The first-order valence-corrected chi connectivity index (χ1v) is 7.09. The zero-order valence-electron chi connectivity index (χ0n) is 11.1. The number of nitrogens with zero attached hydrogens (tertiary/aromatic N) is 3. The van der Waals surface area contributed by atoms with Crippen molar-refractivity contribution in [3.8, 4) is 0 Å². The largest absolute Gasteiger partial charge is 0.336 e. The molecular weight excluding hydrogens is 285 g/mol. The van der Waals surface area contributed by atoms with Gasteiger partial charge >= 0.3 is 0 Å². The van der Waals surface area contributed by atoms with E-state index in [2.05, 4.69) is 23.7 Å². The van der Waals surface area contributed by atoms with E-state index in [1.54, 1.807) is 0 Å². The highest BCUT2D eigenvalue weighted by atomic mass is 35.5. The summed E-state index contributed by atoms with van der Waals surface area (Å²) in [4.78, 5) is 20.4. The predicted octanol–water partition coefficient (Wildman–Crippen LogP) is 2.55. The van der Waals surface area contributed by atoms with Crippen LogP contribution in [0.25, 0.3) is 0 Å². The molecule has 4 nitrogen and oxygen atoms in total. The molecule has 2 heterocycles. The quantitative estimate of drug-likeness (QED) is 0.788. The Morgan fingerprint density at radius 1 is 1.26 bits per heavy atom. The number of carbonyl (C=O) groups excluding carboxylic acids is 1. The Bertz CT molecular complexity index is 471. The fraction of sp³-hybridized carbons (Fsp3) is 0.538. The molecule has 19 heavy (non-hydrogen) atoms. The summed E-state index contributed by atoms with van der Waals surface area (Å²) in [5, 5.41) is 0.634. The van der Waals surface area contributed by atoms with E-state index in [4.69, 9.17) is 23.2 Å². The van der Waals surface area contributed by atoms with E-state index in [-0.39, 0.29) is 11.1 Å². The van der Waals surface area contributed by atoms with Crippen molar-refractivity contribution in [2.75, 3.05) is 26.2 Å². The molecule has 0 radical (unpaired) electrons. The number of halogens is 2. The lowest BCUT2D eigenvalue weighted by molar-refractivity contribution is 0.0595. The standard InChI is InChI=1S/C13H17Cl2N3O/c1-9(2)17-3-5-18(6-4-17)13(19)10-7-12(15)16-8-11(10)14/h7-9H,3-6H2,1-2H3. The first-order valence-electron chi connectivity index (χ1n) is 6.33. The number of aromatic nitrogens is 1. The van der Waals surface area contributed by atoms with Crippen LogP contribution in [0.2, 0.25) is 10.2 Å². The molecule has 1 saturated heterocycles. The van der Waals surface area contributed by atoms with Crippen LogP contribution in [0.3, 0.4) is 0 Å². The van der Waals surface area contributed by atoms with Crippen molar-refractivity contribution in [2.24, 2.45) is 0 Å². The highest BCUT2D eigenvalue weighted by molar-refractivity contribution is 6.35. The lowest BCUT2D eigenvalue weighted by atomic mass is 10.2. The van der Waals surface area contributed by atoms with Gasteiger partial charge in [0.25, 0.3) is 5.91 Å². The van der Waals surface area contributed by atoms with Gasteiger partial charge in [-0.3, -0.25) is 9.69 Å². The van der Waals surface area contributed by atoms with Crippen molar-refractivity contribution in [1.82, 2.24) is 14.8 Å². The summed E-state index contributed by atoms with van der Waals surface area (Å²) in [5.41, 5.74) is 0.430. The van der Waals surface area contributed by atoms with Gasteiger partial charge in [-0.2, -0.15) is 0 Å². The van der Waals surface area contributed by atoms with Crippen LogP contribution in [0.4, 0.5) is 0 Å². The lowest BCUT2D eigenvalue weighted by Gasteiger charge is -2.37. The van der Waals surface area contributed by atoms with Gasteiger partial charge in [-0.1, -0.05) is 23.2 Å². The van der Waals surface area contributed by atoms with Gasteiger partial charge in [-0.05, 0) is 19.9 Å². The van der Waals surface area contributed by atoms with Crippen LogP contribution in [0.1, 0.15) is 24.2 Å². The molecule has 0 aromatic carbocycles. The summed E-state index contributed by atoms with van der Waals surface area (Å²) in [5.74, 6) is -0.0716. The van der Waals surface area contributed by atoms with Crippen LogP contribution in [0.5, 0.6) is 0 Å². The number of hydrogen-bond acceptors (Lipinski definition) is 3. The summed E-state index contributed by atoms with van der Waals surface area (Å²) in [6, 6.07) is 2.04. The Balaban J connectivity index is 2.07. The number of rotatable bonds is 2. The third-order valence-electron chi connectivity index (χ3n) is 3.38. The van der Waals surface area contributed by atoms with Gasteiger partial charge in [0, 0.05) is 38.4 Å². The summed E-state index contributed by atoms with van der Waals surface area (Å²) < 4.78 is 0. The molecule has 0 bridgehead atoms. The van der Waals surface area contributed by atoms with Crippen LogP contribution in [0, 0.1) is 0 Å². The smallest absolute Gasteiger partial charge is 0.255 e. The minimum Gasteiger partial charge on any atom is -0.336 e.